The SMILES string of the molecule is CC1=C[C@H]([NH+]2CCN(c3ccccc3)CC2)[C@H](C2=C(O)OC(C)(C)OC2=O)C1=O. The fraction of sp³-hybridized carbons (Fsp3) is 0.455. The van der Waals surface area contributed by atoms with Gasteiger partial charge in [0, 0.05) is 19.5 Å². The highest BCUT2D eigenvalue weighted by Gasteiger charge is 2.51. The van der Waals surface area contributed by atoms with Crippen LogP contribution in [-0.2, 0) is 19.1 Å². The lowest BCUT2D eigenvalue weighted by molar-refractivity contribution is -0.920. The number of piperazine rings is 1. The van der Waals surface area contributed by atoms with Gasteiger partial charge in [-0.25, -0.2) is 4.79 Å². The number of nitrogens with zero attached hydrogens (tertiary/aromatic N) is 1. The van der Waals surface area contributed by atoms with E-state index in [2.05, 4.69) is 17.0 Å². The van der Waals surface area contributed by atoms with E-state index in [0.29, 0.717) is 5.57 Å². The molecule has 29 heavy (non-hydrogen) atoms. The average molecular weight is 399 g/mol. The van der Waals surface area contributed by atoms with Crippen molar-refractivity contribution in [3.8, 4) is 0 Å². The van der Waals surface area contributed by atoms with Crippen LogP contribution >= 0.6 is 0 Å². The van der Waals surface area contributed by atoms with E-state index < -0.39 is 23.6 Å². The van der Waals surface area contributed by atoms with Crippen molar-refractivity contribution in [2.75, 3.05) is 31.1 Å². The monoisotopic (exact) mass is 399 g/mol. The molecular formula is C22H27N2O5+. The van der Waals surface area contributed by atoms with Crippen LogP contribution in [0.1, 0.15) is 20.8 Å². The minimum atomic E-state index is -1.25. The number of rotatable bonds is 3. The molecule has 7 heteroatoms. The van der Waals surface area contributed by atoms with Gasteiger partial charge >= 0.3 is 5.97 Å². The summed E-state index contributed by atoms with van der Waals surface area (Å²) >= 11 is 0. The predicted octanol–water partition coefficient (Wildman–Crippen LogP) is 0.984. The molecular weight excluding hydrogens is 372 g/mol. The minimum absolute atomic E-state index is 0.0644. The Kier molecular flexibility index (Phi) is 4.86. The summed E-state index contributed by atoms with van der Waals surface area (Å²) in [5.41, 5.74) is 1.73. The number of allylic oxidation sites excluding steroid dienone is 1. The molecule has 2 aliphatic heterocycles. The first-order chi connectivity index (χ1) is 13.8. The Morgan fingerprint density at radius 1 is 1.10 bits per heavy atom. The van der Waals surface area contributed by atoms with Crippen LogP contribution in [0.25, 0.3) is 0 Å². The molecule has 0 unspecified atom stereocenters. The highest BCUT2D eigenvalue weighted by Crippen LogP contribution is 2.35. The van der Waals surface area contributed by atoms with Gasteiger partial charge in [-0.3, -0.25) is 4.79 Å². The predicted molar refractivity (Wildman–Crippen MR) is 106 cm³/mol. The largest absolute Gasteiger partial charge is 0.480 e. The Hall–Kier alpha value is -2.80. The van der Waals surface area contributed by atoms with Crippen molar-refractivity contribution in [3.63, 3.8) is 0 Å². The van der Waals surface area contributed by atoms with Gasteiger partial charge < -0.3 is 24.4 Å². The number of quaternary nitrogens is 1. The summed E-state index contributed by atoms with van der Waals surface area (Å²) in [6.45, 7) is 8.19. The highest BCUT2D eigenvalue weighted by atomic mass is 16.8. The van der Waals surface area contributed by atoms with E-state index in [1.165, 1.54) is 10.6 Å². The number of carbonyl (C=O) groups is 2. The fourth-order valence-corrected chi connectivity index (χ4v) is 4.48. The number of hydrogen-bond donors (Lipinski definition) is 2. The number of hydrogen-bond acceptors (Lipinski definition) is 6. The molecule has 0 amide bonds. The van der Waals surface area contributed by atoms with E-state index in [-0.39, 0.29) is 17.4 Å². The Labute approximate surface area is 170 Å². The van der Waals surface area contributed by atoms with Crippen molar-refractivity contribution in [3.05, 3.63) is 53.5 Å². The van der Waals surface area contributed by atoms with Gasteiger partial charge in [-0.15, -0.1) is 0 Å². The average Bonchev–Trinajstić information content (AvgIpc) is 2.96. The van der Waals surface area contributed by atoms with Gasteiger partial charge in [0.05, 0.1) is 26.2 Å². The number of aliphatic hydroxyl groups excluding tert-OH is 1. The van der Waals surface area contributed by atoms with E-state index in [0.717, 1.165) is 26.2 Å². The molecule has 3 aliphatic rings. The van der Waals surface area contributed by atoms with Crippen molar-refractivity contribution < 1.29 is 29.1 Å². The fourth-order valence-electron chi connectivity index (χ4n) is 4.48. The molecule has 0 saturated carbocycles. The Bertz CT molecular complexity index is 882. The molecule has 7 nitrogen and oxygen atoms in total. The highest BCUT2D eigenvalue weighted by molar-refractivity contribution is 6.07. The lowest BCUT2D eigenvalue weighted by Crippen LogP contribution is -3.18. The van der Waals surface area contributed by atoms with Crippen molar-refractivity contribution in [1.82, 2.24) is 0 Å². The lowest BCUT2D eigenvalue weighted by atomic mass is 9.89. The summed E-state index contributed by atoms with van der Waals surface area (Å²) < 4.78 is 10.7. The van der Waals surface area contributed by atoms with Crippen LogP contribution < -0.4 is 9.80 Å². The number of benzene rings is 1. The zero-order valence-electron chi connectivity index (χ0n) is 17.0. The van der Waals surface area contributed by atoms with Crippen molar-refractivity contribution >= 4 is 17.4 Å². The van der Waals surface area contributed by atoms with Gasteiger partial charge in [0.15, 0.2) is 5.78 Å². The molecule has 0 bridgehead atoms. The van der Waals surface area contributed by atoms with Gasteiger partial charge in [0.2, 0.25) is 0 Å². The van der Waals surface area contributed by atoms with Crippen molar-refractivity contribution in [1.29, 1.82) is 0 Å². The molecule has 0 aromatic heterocycles. The van der Waals surface area contributed by atoms with E-state index in [1.807, 2.05) is 24.3 Å². The molecule has 1 aromatic carbocycles. The summed E-state index contributed by atoms with van der Waals surface area (Å²) in [4.78, 5) is 29.0. The van der Waals surface area contributed by atoms with E-state index in [4.69, 9.17) is 9.47 Å². The minimum Gasteiger partial charge on any atom is -0.480 e. The normalized spacial score (nSPS) is 27.6. The molecule has 2 heterocycles. The van der Waals surface area contributed by atoms with Crippen LogP contribution in [0.3, 0.4) is 0 Å². The number of aliphatic hydroxyl groups is 1. The maximum Gasteiger partial charge on any atom is 0.345 e. The maximum atomic E-state index is 12.9. The zero-order valence-corrected chi connectivity index (χ0v) is 17.0. The van der Waals surface area contributed by atoms with Crippen LogP contribution in [0.15, 0.2) is 53.5 Å². The van der Waals surface area contributed by atoms with E-state index in [9.17, 15) is 14.7 Å². The Morgan fingerprint density at radius 2 is 1.76 bits per heavy atom. The maximum absolute atomic E-state index is 12.9. The van der Waals surface area contributed by atoms with Gasteiger partial charge in [-0.05, 0) is 30.7 Å². The number of ether oxygens (including phenoxy) is 2. The van der Waals surface area contributed by atoms with Gasteiger partial charge in [0.25, 0.3) is 11.7 Å². The van der Waals surface area contributed by atoms with E-state index >= 15 is 0 Å². The zero-order chi connectivity index (χ0) is 20.8. The first-order valence-electron chi connectivity index (χ1n) is 9.99. The summed E-state index contributed by atoms with van der Waals surface area (Å²) in [6.07, 6.45) is 1.92. The molecule has 2 atom stereocenters. The number of anilines is 1. The molecule has 1 saturated heterocycles. The van der Waals surface area contributed by atoms with Gasteiger partial charge in [-0.2, -0.15) is 0 Å². The third-order valence-electron chi connectivity index (χ3n) is 5.90. The van der Waals surface area contributed by atoms with Crippen LogP contribution in [-0.4, -0.2) is 54.9 Å². The second-order valence-corrected chi connectivity index (χ2v) is 8.31. The number of ketones is 1. The van der Waals surface area contributed by atoms with Gasteiger partial charge in [0.1, 0.15) is 17.5 Å². The number of Topliss-reactive ketones (excluding diaryl/α,β-unsaturated/α-hetero) is 1. The van der Waals surface area contributed by atoms with Gasteiger partial charge in [-0.1, -0.05) is 18.2 Å². The summed E-state index contributed by atoms with van der Waals surface area (Å²) in [7, 11) is 0. The molecule has 154 valence electrons. The molecule has 1 aromatic rings. The number of esters is 1. The number of nitrogens with one attached hydrogen (secondary N) is 1. The smallest absolute Gasteiger partial charge is 0.345 e. The Morgan fingerprint density at radius 3 is 2.38 bits per heavy atom. The number of para-hydroxylation sites is 1. The number of cyclic esters (lactones) is 1. The van der Waals surface area contributed by atoms with Crippen LogP contribution in [0.4, 0.5) is 5.69 Å². The molecule has 1 aliphatic carbocycles. The molecule has 2 N–H and O–H groups in total. The van der Waals surface area contributed by atoms with Crippen molar-refractivity contribution in [2.24, 2.45) is 5.92 Å². The van der Waals surface area contributed by atoms with E-state index in [1.54, 1.807) is 20.8 Å². The summed E-state index contributed by atoms with van der Waals surface area (Å²) in [6, 6.07) is 10.0. The second kappa shape index (κ2) is 7.22. The summed E-state index contributed by atoms with van der Waals surface area (Å²) in [5, 5.41) is 10.4. The molecule has 0 radical (unpaired) electrons. The van der Waals surface area contributed by atoms with Crippen molar-refractivity contribution in [2.45, 2.75) is 32.6 Å². The topological polar surface area (TPSA) is 80.5 Å². The Balaban J connectivity index is 1.55. The first kappa shape index (κ1) is 19.5. The third kappa shape index (κ3) is 3.62. The van der Waals surface area contributed by atoms with Crippen LogP contribution in [0.2, 0.25) is 0 Å². The third-order valence-corrected chi connectivity index (χ3v) is 5.90. The lowest BCUT2D eigenvalue weighted by Gasteiger charge is -2.38. The standard InChI is InChI=1S/C22H26N2O5/c1-14-13-16(24-11-9-23(10-12-24)15-7-5-4-6-8-15)17(19(14)25)18-20(26)28-22(2,3)29-21(18)27/h4-8,13,16-17,26H,9-12H2,1-3H3/p+1/t16-,17+/m0/s1. The van der Waals surface area contributed by atoms with Crippen LogP contribution in [0, 0.1) is 5.92 Å². The molecule has 1 fully saturated rings. The summed E-state index contributed by atoms with van der Waals surface area (Å²) in [5.74, 6) is -3.38. The first-order valence-corrected chi connectivity index (χ1v) is 9.99. The second-order valence-electron chi connectivity index (χ2n) is 8.31. The quantitative estimate of drug-likeness (QED) is 0.738. The molecule has 0 spiro atoms. The van der Waals surface area contributed by atoms with Crippen LogP contribution in [0.5, 0.6) is 0 Å². The number of carbonyl (C=O) groups excluding carboxylic acids is 2. The molecule has 4 rings (SSSR count).